The second-order valence-electron chi connectivity index (χ2n) is 2.62. The molecule has 0 amide bonds. The first-order valence-corrected chi connectivity index (χ1v) is 3.81. The maximum absolute atomic E-state index is 11.0. The highest BCUT2D eigenvalue weighted by molar-refractivity contribution is 5.47. The van der Waals surface area contributed by atoms with Crippen molar-refractivity contribution in [3.63, 3.8) is 0 Å². The number of aromatic nitrogens is 4. The van der Waals surface area contributed by atoms with Crippen molar-refractivity contribution in [2.75, 3.05) is 0 Å². The van der Waals surface area contributed by atoms with Crippen LogP contribution >= 0.6 is 0 Å². The molecular weight excluding hydrogens is 168 g/mol. The molecule has 0 aliphatic heterocycles. The second kappa shape index (κ2) is 2.85. The Balaban J connectivity index is 2.59. The molecule has 1 N–H and O–H groups in total. The Kier molecular flexibility index (Phi) is 1.70. The monoisotopic (exact) mass is 176 g/mol. The van der Waals surface area contributed by atoms with Gasteiger partial charge in [-0.05, 0) is 6.07 Å². The fourth-order valence-electron chi connectivity index (χ4n) is 1.11. The summed E-state index contributed by atoms with van der Waals surface area (Å²) >= 11 is 0. The average molecular weight is 176 g/mol. The molecule has 5 heteroatoms. The number of nitrogens with zero attached hydrogens (tertiary/aromatic N) is 3. The van der Waals surface area contributed by atoms with E-state index in [0.717, 1.165) is 5.69 Å². The standard InChI is InChI=1S/C8H8N4O/c1-12-6(2-5-10-12)8-9-4-3-7(13)11-8/h2-5H,1H3,(H,9,11,13). The van der Waals surface area contributed by atoms with Crippen LogP contribution in [0.1, 0.15) is 0 Å². The van der Waals surface area contributed by atoms with Gasteiger partial charge in [0.05, 0.1) is 0 Å². The van der Waals surface area contributed by atoms with Gasteiger partial charge in [-0.2, -0.15) is 5.10 Å². The van der Waals surface area contributed by atoms with Crippen LogP contribution in [0.25, 0.3) is 11.5 Å². The Morgan fingerprint density at radius 3 is 2.85 bits per heavy atom. The van der Waals surface area contributed by atoms with Gasteiger partial charge in [-0.1, -0.05) is 0 Å². The number of aromatic amines is 1. The van der Waals surface area contributed by atoms with E-state index < -0.39 is 0 Å². The summed E-state index contributed by atoms with van der Waals surface area (Å²) in [6.45, 7) is 0. The Hall–Kier alpha value is -1.91. The van der Waals surface area contributed by atoms with E-state index in [0.29, 0.717) is 5.82 Å². The predicted molar refractivity (Wildman–Crippen MR) is 47.1 cm³/mol. The number of H-pyrrole nitrogens is 1. The number of nitrogens with one attached hydrogen (secondary N) is 1. The van der Waals surface area contributed by atoms with Crippen LogP contribution in [0.5, 0.6) is 0 Å². The highest BCUT2D eigenvalue weighted by atomic mass is 16.1. The van der Waals surface area contributed by atoms with Crippen molar-refractivity contribution in [2.24, 2.45) is 7.05 Å². The van der Waals surface area contributed by atoms with Crippen LogP contribution in [0.2, 0.25) is 0 Å². The molecule has 0 aliphatic rings. The van der Waals surface area contributed by atoms with Crippen LogP contribution in [-0.4, -0.2) is 19.7 Å². The number of rotatable bonds is 1. The summed E-state index contributed by atoms with van der Waals surface area (Å²) < 4.78 is 1.65. The molecule has 0 saturated heterocycles. The van der Waals surface area contributed by atoms with Crippen LogP contribution in [0.4, 0.5) is 0 Å². The first kappa shape index (κ1) is 7.72. The average Bonchev–Trinajstić information content (AvgIpc) is 2.51. The molecule has 0 atom stereocenters. The van der Waals surface area contributed by atoms with Gasteiger partial charge in [-0.3, -0.25) is 9.48 Å². The van der Waals surface area contributed by atoms with Crippen LogP contribution in [0.15, 0.2) is 29.3 Å². The lowest BCUT2D eigenvalue weighted by atomic mass is 10.4. The molecule has 0 fully saturated rings. The molecule has 0 bridgehead atoms. The lowest BCUT2D eigenvalue weighted by Crippen LogP contribution is -2.07. The Morgan fingerprint density at radius 1 is 1.38 bits per heavy atom. The summed E-state index contributed by atoms with van der Waals surface area (Å²) in [6, 6.07) is 3.16. The second-order valence-corrected chi connectivity index (χ2v) is 2.62. The topological polar surface area (TPSA) is 63.6 Å². The lowest BCUT2D eigenvalue weighted by molar-refractivity contribution is 0.769. The van der Waals surface area contributed by atoms with Gasteiger partial charge in [-0.25, -0.2) is 4.98 Å². The third kappa shape index (κ3) is 1.35. The van der Waals surface area contributed by atoms with Gasteiger partial charge in [0.2, 0.25) is 0 Å². The zero-order valence-electron chi connectivity index (χ0n) is 7.06. The molecule has 2 aromatic heterocycles. The predicted octanol–water partition coefficient (Wildman–Crippen LogP) is 0.170. The molecule has 2 heterocycles. The van der Waals surface area contributed by atoms with E-state index in [4.69, 9.17) is 0 Å². The Labute approximate surface area is 74.1 Å². The van der Waals surface area contributed by atoms with Crippen LogP contribution in [-0.2, 0) is 7.05 Å². The molecule has 0 aromatic carbocycles. The number of hydrogen-bond acceptors (Lipinski definition) is 3. The third-order valence-electron chi connectivity index (χ3n) is 1.73. The fourth-order valence-corrected chi connectivity index (χ4v) is 1.11. The maximum atomic E-state index is 11.0. The van der Waals surface area contributed by atoms with Crippen molar-refractivity contribution >= 4 is 0 Å². The van der Waals surface area contributed by atoms with E-state index in [2.05, 4.69) is 15.1 Å². The molecule has 0 unspecified atom stereocenters. The van der Waals surface area contributed by atoms with Crippen molar-refractivity contribution in [1.29, 1.82) is 0 Å². The van der Waals surface area contributed by atoms with E-state index in [1.54, 1.807) is 24.0 Å². The molecule has 5 nitrogen and oxygen atoms in total. The van der Waals surface area contributed by atoms with Crippen LogP contribution in [0, 0.1) is 0 Å². The van der Waals surface area contributed by atoms with Gasteiger partial charge in [0.1, 0.15) is 5.69 Å². The SMILES string of the molecule is Cn1nccc1-c1nccc(=O)[nH]1. The van der Waals surface area contributed by atoms with Gasteiger partial charge >= 0.3 is 0 Å². The third-order valence-corrected chi connectivity index (χ3v) is 1.73. The van der Waals surface area contributed by atoms with E-state index in [-0.39, 0.29) is 5.56 Å². The highest BCUT2D eigenvalue weighted by Gasteiger charge is 2.03. The van der Waals surface area contributed by atoms with Gasteiger partial charge in [0.15, 0.2) is 5.82 Å². The van der Waals surface area contributed by atoms with Crippen molar-refractivity contribution < 1.29 is 0 Å². The van der Waals surface area contributed by atoms with Crippen LogP contribution < -0.4 is 5.56 Å². The smallest absolute Gasteiger partial charge is 0.251 e. The van der Waals surface area contributed by atoms with Crippen molar-refractivity contribution in [2.45, 2.75) is 0 Å². The first-order valence-electron chi connectivity index (χ1n) is 3.81. The summed E-state index contributed by atoms with van der Waals surface area (Å²) in [4.78, 5) is 17.6. The zero-order valence-corrected chi connectivity index (χ0v) is 7.06. The highest BCUT2D eigenvalue weighted by Crippen LogP contribution is 2.09. The summed E-state index contributed by atoms with van der Waals surface area (Å²) in [7, 11) is 1.79. The molecule has 0 radical (unpaired) electrons. The minimum absolute atomic E-state index is 0.161. The molecule has 0 saturated carbocycles. The minimum atomic E-state index is -0.161. The van der Waals surface area contributed by atoms with Gasteiger partial charge in [0, 0.05) is 25.5 Å². The normalized spacial score (nSPS) is 10.2. The van der Waals surface area contributed by atoms with E-state index >= 15 is 0 Å². The fraction of sp³-hybridized carbons (Fsp3) is 0.125. The molecule has 0 aliphatic carbocycles. The molecule has 66 valence electrons. The van der Waals surface area contributed by atoms with Gasteiger partial charge < -0.3 is 4.98 Å². The molecular formula is C8H8N4O. The van der Waals surface area contributed by atoms with E-state index in [9.17, 15) is 4.79 Å². The van der Waals surface area contributed by atoms with Crippen molar-refractivity contribution in [1.82, 2.24) is 19.7 Å². The van der Waals surface area contributed by atoms with Crippen molar-refractivity contribution in [3.8, 4) is 11.5 Å². The van der Waals surface area contributed by atoms with E-state index in [1.165, 1.54) is 12.3 Å². The van der Waals surface area contributed by atoms with E-state index in [1.807, 2.05) is 0 Å². The number of aryl methyl sites for hydroxylation is 1. The first-order chi connectivity index (χ1) is 6.27. The molecule has 2 aromatic rings. The summed E-state index contributed by atoms with van der Waals surface area (Å²) in [6.07, 6.45) is 3.13. The number of hydrogen-bond donors (Lipinski definition) is 1. The minimum Gasteiger partial charge on any atom is -0.305 e. The molecule has 0 spiro atoms. The van der Waals surface area contributed by atoms with Crippen LogP contribution in [0.3, 0.4) is 0 Å². The van der Waals surface area contributed by atoms with Crippen molar-refractivity contribution in [3.05, 3.63) is 34.9 Å². The lowest BCUT2D eigenvalue weighted by Gasteiger charge is -1.98. The quantitative estimate of drug-likeness (QED) is 0.673. The zero-order chi connectivity index (χ0) is 9.26. The summed E-state index contributed by atoms with van der Waals surface area (Å²) in [5, 5.41) is 3.98. The Bertz CT molecular complexity index is 471. The molecule has 2 rings (SSSR count). The summed E-state index contributed by atoms with van der Waals surface area (Å²) in [5.41, 5.74) is 0.629. The molecule has 13 heavy (non-hydrogen) atoms. The summed E-state index contributed by atoms with van der Waals surface area (Å²) in [5.74, 6) is 0.535. The largest absolute Gasteiger partial charge is 0.305 e. The van der Waals surface area contributed by atoms with Gasteiger partial charge in [0.25, 0.3) is 5.56 Å². The van der Waals surface area contributed by atoms with Gasteiger partial charge in [-0.15, -0.1) is 0 Å². The maximum Gasteiger partial charge on any atom is 0.251 e. The Morgan fingerprint density at radius 2 is 2.23 bits per heavy atom.